The highest BCUT2D eigenvalue weighted by Gasteiger charge is 2.11. The second-order valence-electron chi connectivity index (χ2n) is 2.57. The highest BCUT2D eigenvalue weighted by atomic mass is 19.1. The van der Waals surface area contributed by atoms with Crippen molar-refractivity contribution in [2.45, 2.75) is 41.0 Å². The molecule has 0 saturated carbocycles. The van der Waals surface area contributed by atoms with Crippen LogP contribution in [0.5, 0.6) is 5.75 Å². The minimum absolute atomic E-state index is 0.191. The van der Waals surface area contributed by atoms with Crippen LogP contribution in [0.3, 0.4) is 0 Å². The van der Waals surface area contributed by atoms with E-state index in [9.17, 15) is 4.39 Å². The highest BCUT2D eigenvalue weighted by Crippen LogP contribution is 2.23. The molecule has 1 rings (SSSR count). The summed E-state index contributed by atoms with van der Waals surface area (Å²) in [4.78, 5) is 0. The zero-order valence-electron chi connectivity index (χ0n) is 11.6. The predicted molar refractivity (Wildman–Crippen MR) is 69.7 cm³/mol. The quantitative estimate of drug-likeness (QED) is 0.770. The Hall–Kier alpha value is -1.56. The molecule has 0 spiro atoms. The van der Waals surface area contributed by atoms with E-state index >= 15 is 0 Å². The summed E-state index contributed by atoms with van der Waals surface area (Å²) in [5, 5.41) is 8.68. The van der Waals surface area contributed by atoms with Gasteiger partial charge in [-0.3, -0.25) is 0 Å². The third-order valence-corrected chi connectivity index (χ3v) is 1.90. The second kappa shape index (κ2) is 10.9. The van der Waals surface area contributed by atoms with Crippen molar-refractivity contribution in [2.75, 3.05) is 7.11 Å². The van der Waals surface area contributed by atoms with Crippen molar-refractivity contribution < 1.29 is 9.13 Å². The van der Waals surface area contributed by atoms with Gasteiger partial charge in [-0.25, -0.2) is 4.39 Å². The smallest absolute Gasteiger partial charge is 0.169 e. The molecule has 17 heavy (non-hydrogen) atoms. The van der Waals surface area contributed by atoms with Crippen molar-refractivity contribution in [1.29, 1.82) is 5.26 Å². The van der Waals surface area contributed by atoms with Crippen LogP contribution in [0.4, 0.5) is 4.39 Å². The molecule has 0 bridgehead atoms. The van der Waals surface area contributed by atoms with Crippen molar-refractivity contribution in [3.8, 4) is 11.8 Å². The maximum atomic E-state index is 13.4. The Labute approximate surface area is 104 Å². The first-order valence-corrected chi connectivity index (χ1v) is 6.00. The molecule has 0 atom stereocenters. The average Bonchev–Trinajstić information content (AvgIpc) is 2.42. The molecule has 0 fully saturated rings. The van der Waals surface area contributed by atoms with Gasteiger partial charge in [0, 0.05) is 5.56 Å². The van der Waals surface area contributed by atoms with E-state index in [1.165, 1.54) is 13.2 Å². The van der Waals surface area contributed by atoms with Crippen LogP contribution in [0.15, 0.2) is 12.1 Å². The number of ether oxygens (including phenoxy) is 1. The lowest BCUT2D eigenvalue weighted by atomic mass is 10.1. The number of hydrogen-bond acceptors (Lipinski definition) is 2. The number of benzene rings is 1. The van der Waals surface area contributed by atoms with Crippen LogP contribution in [0.25, 0.3) is 0 Å². The Morgan fingerprint density at radius 2 is 1.76 bits per heavy atom. The summed E-state index contributed by atoms with van der Waals surface area (Å²) < 4.78 is 18.2. The monoisotopic (exact) mass is 239 g/mol. The topological polar surface area (TPSA) is 33.0 Å². The first-order valence-electron chi connectivity index (χ1n) is 6.00. The van der Waals surface area contributed by atoms with Crippen LogP contribution in [-0.4, -0.2) is 7.11 Å². The van der Waals surface area contributed by atoms with Crippen molar-refractivity contribution in [1.82, 2.24) is 0 Å². The average molecular weight is 239 g/mol. The number of methoxy groups -OCH3 is 1. The maximum Gasteiger partial charge on any atom is 0.169 e. The summed E-state index contributed by atoms with van der Waals surface area (Å²) in [7, 11) is 1.41. The molecule has 0 aliphatic rings. The number of halogens is 1. The fourth-order valence-electron chi connectivity index (χ4n) is 1.21. The van der Waals surface area contributed by atoms with E-state index in [2.05, 4.69) is 0 Å². The molecule has 0 radical (unpaired) electrons. The van der Waals surface area contributed by atoms with E-state index in [0.29, 0.717) is 17.5 Å². The zero-order valence-corrected chi connectivity index (χ0v) is 11.6. The lowest BCUT2D eigenvalue weighted by Crippen LogP contribution is -1.97. The van der Waals surface area contributed by atoms with Gasteiger partial charge >= 0.3 is 0 Å². The van der Waals surface area contributed by atoms with Crippen LogP contribution in [0.2, 0.25) is 0 Å². The van der Waals surface area contributed by atoms with E-state index in [1.54, 1.807) is 13.0 Å². The summed E-state index contributed by atoms with van der Waals surface area (Å²) in [6.07, 6.45) is 0.492. The molecule has 0 N–H and O–H groups in total. The van der Waals surface area contributed by atoms with Crippen LogP contribution >= 0.6 is 0 Å². The van der Waals surface area contributed by atoms with E-state index in [1.807, 2.05) is 33.8 Å². The highest BCUT2D eigenvalue weighted by molar-refractivity contribution is 5.44. The van der Waals surface area contributed by atoms with Gasteiger partial charge in [0.1, 0.15) is 0 Å². The summed E-state index contributed by atoms with van der Waals surface area (Å²) in [6.45, 7) is 9.80. The standard InChI is InChI=1S/C10H10FNO.2C2H6/c1-3-8-7(6-12)4-5-9(13-2)10(8)11;2*1-2/h4-5H,3H2,1-2H3;2*1-2H3. The minimum Gasteiger partial charge on any atom is -0.494 e. The van der Waals surface area contributed by atoms with E-state index in [0.717, 1.165) is 0 Å². The van der Waals surface area contributed by atoms with Crippen molar-refractivity contribution in [3.63, 3.8) is 0 Å². The Balaban J connectivity index is 0. The molecular formula is C14H22FNO. The molecule has 0 aliphatic heterocycles. The first kappa shape index (κ1) is 17.8. The molecule has 1 aromatic carbocycles. The Morgan fingerprint density at radius 3 is 2.12 bits per heavy atom. The van der Waals surface area contributed by atoms with Crippen LogP contribution in [-0.2, 0) is 6.42 Å². The van der Waals surface area contributed by atoms with Gasteiger partial charge in [0.05, 0.1) is 18.7 Å². The first-order chi connectivity index (χ1) is 8.24. The molecule has 3 heteroatoms. The zero-order chi connectivity index (χ0) is 13.8. The number of nitrogens with zero attached hydrogens (tertiary/aromatic N) is 1. The van der Waals surface area contributed by atoms with E-state index < -0.39 is 5.82 Å². The SMILES string of the molecule is CC.CC.CCc1c(C#N)ccc(OC)c1F. The molecule has 0 unspecified atom stereocenters. The molecule has 0 amide bonds. The van der Waals surface area contributed by atoms with Gasteiger partial charge in [0.2, 0.25) is 0 Å². The Morgan fingerprint density at radius 1 is 1.24 bits per heavy atom. The van der Waals surface area contributed by atoms with Crippen molar-refractivity contribution in [2.24, 2.45) is 0 Å². The maximum absolute atomic E-state index is 13.4. The third kappa shape index (κ3) is 4.86. The van der Waals surface area contributed by atoms with E-state index in [4.69, 9.17) is 10.00 Å². The Bertz CT molecular complexity index is 356. The van der Waals surface area contributed by atoms with Crippen LogP contribution < -0.4 is 4.74 Å². The molecule has 2 nitrogen and oxygen atoms in total. The molecule has 96 valence electrons. The van der Waals surface area contributed by atoms with Gasteiger partial charge in [-0.05, 0) is 18.6 Å². The number of rotatable bonds is 2. The van der Waals surface area contributed by atoms with Gasteiger partial charge in [-0.15, -0.1) is 0 Å². The van der Waals surface area contributed by atoms with Gasteiger partial charge in [0.15, 0.2) is 11.6 Å². The lowest BCUT2D eigenvalue weighted by Gasteiger charge is -2.06. The van der Waals surface area contributed by atoms with Crippen LogP contribution in [0.1, 0.15) is 45.7 Å². The number of nitriles is 1. The molecule has 0 heterocycles. The summed E-state index contributed by atoms with van der Waals surface area (Å²) in [5.41, 5.74) is 0.794. The second-order valence-corrected chi connectivity index (χ2v) is 2.57. The van der Waals surface area contributed by atoms with Gasteiger partial charge in [0.25, 0.3) is 0 Å². The normalized spacial score (nSPS) is 7.88. The van der Waals surface area contributed by atoms with Crippen molar-refractivity contribution in [3.05, 3.63) is 29.1 Å². The summed E-state index contributed by atoms with van der Waals surface area (Å²) in [6, 6.07) is 4.98. The number of hydrogen-bond donors (Lipinski definition) is 0. The summed E-state index contributed by atoms with van der Waals surface area (Å²) in [5.74, 6) is -0.236. The van der Waals surface area contributed by atoms with E-state index in [-0.39, 0.29) is 5.75 Å². The predicted octanol–water partition coefficient (Wildman–Crippen LogP) is 4.32. The lowest BCUT2D eigenvalue weighted by molar-refractivity contribution is 0.384. The molecule has 0 saturated heterocycles. The molecule has 0 aromatic heterocycles. The Kier molecular flexibility index (Phi) is 11.5. The minimum atomic E-state index is -0.427. The van der Waals surface area contributed by atoms with Gasteiger partial charge in [-0.2, -0.15) is 5.26 Å². The molecular weight excluding hydrogens is 217 g/mol. The fourth-order valence-corrected chi connectivity index (χ4v) is 1.21. The van der Waals surface area contributed by atoms with Crippen molar-refractivity contribution >= 4 is 0 Å². The van der Waals surface area contributed by atoms with Crippen LogP contribution in [0, 0.1) is 17.1 Å². The molecule has 1 aromatic rings. The van der Waals surface area contributed by atoms with Gasteiger partial charge in [-0.1, -0.05) is 34.6 Å². The molecule has 0 aliphatic carbocycles. The van der Waals surface area contributed by atoms with Gasteiger partial charge < -0.3 is 4.74 Å². The fraction of sp³-hybridized carbons (Fsp3) is 0.500. The third-order valence-electron chi connectivity index (χ3n) is 1.90. The summed E-state index contributed by atoms with van der Waals surface area (Å²) >= 11 is 0. The largest absolute Gasteiger partial charge is 0.494 e.